The molecule has 0 bridgehead atoms. The summed E-state index contributed by atoms with van der Waals surface area (Å²) in [6.45, 7) is 5.66. The second kappa shape index (κ2) is 8.42. The van der Waals surface area contributed by atoms with Crippen LogP contribution < -0.4 is 5.32 Å². The first-order valence-corrected chi connectivity index (χ1v) is 11.4. The van der Waals surface area contributed by atoms with E-state index in [1.165, 1.54) is 6.42 Å². The van der Waals surface area contributed by atoms with Crippen LogP contribution in [0.15, 0.2) is 33.6 Å². The molecule has 0 aromatic heterocycles. The zero-order valence-corrected chi connectivity index (χ0v) is 17.0. The molecule has 2 heterocycles. The van der Waals surface area contributed by atoms with Gasteiger partial charge in [0.25, 0.3) is 10.0 Å². The molecule has 0 radical (unpaired) electrons. The Labute approximate surface area is 162 Å². The van der Waals surface area contributed by atoms with Gasteiger partial charge in [-0.3, -0.25) is 4.79 Å². The maximum Gasteiger partial charge on any atom is 0.285 e. The third-order valence-electron chi connectivity index (χ3n) is 5.55. The second-order valence-electron chi connectivity index (χ2n) is 7.40. The van der Waals surface area contributed by atoms with E-state index in [2.05, 4.69) is 23.6 Å². The molecule has 0 saturated carbocycles. The summed E-state index contributed by atoms with van der Waals surface area (Å²) in [5.41, 5.74) is 0.603. The van der Waals surface area contributed by atoms with Crippen LogP contribution in [0.4, 0.5) is 0 Å². The Bertz CT molecular complexity index is 820. The average Bonchev–Trinajstić information content (AvgIpc) is 3.25. The third kappa shape index (κ3) is 4.18. The fraction of sp³-hybridized carbons (Fsp3) is 0.600. The number of sulfonamides is 1. The summed E-state index contributed by atoms with van der Waals surface area (Å²) >= 11 is 0. The zero-order chi connectivity index (χ0) is 19.4. The fourth-order valence-electron chi connectivity index (χ4n) is 3.89. The minimum atomic E-state index is -3.67. The van der Waals surface area contributed by atoms with Crippen LogP contribution in [0.1, 0.15) is 57.9 Å². The number of unbranched alkanes of at least 4 members (excludes halogenated alkanes) is 1. The molecule has 6 nitrogen and oxygen atoms in total. The number of fused-ring (bicyclic) bond motifs is 1. The molecule has 2 atom stereocenters. The van der Waals surface area contributed by atoms with Gasteiger partial charge in [0.2, 0.25) is 5.91 Å². The molecule has 3 rings (SSSR count). The van der Waals surface area contributed by atoms with Gasteiger partial charge in [-0.05, 0) is 37.3 Å². The van der Waals surface area contributed by atoms with E-state index in [0.717, 1.165) is 32.1 Å². The molecule has 0 aliphatic carbocycles. The van der Waals surface area contributed by atoms with Crippen LogP contribution in [0, 0.1) is 5.92 Å². The first kappa shape index (κ1) is 19.9. The molecule has 7 heteroatoms. The highest BCUT2D eigenvalue weighted by Crippen LogP contribution is 2.31. The monoisotopic (exact) mass is 391 g/mol. The number of benzene rings is 1. The maximum absolute atomic E-state index is 12.8. The topological polar surface area (TPSA) is 78.8 Å². The Kier molecular flexibility index (Phi) is 6.19. The number of amidine groups is 1. The van der Waals surface area contributed by atoms with Gasteiger partial charge < -0.3 is 10.2 Å². The van der Waals surface area contributed by atoms with Crippen molar-refractivity contribution in [1.82, 2.24) is 10.2 Å². The van der Waals surface area contributed by atoms with Gasteiger partial charge >= 0.3 is 0 Å². The van der Waals surface area contributed by atoms with Gasteiger partial charge in [0.1, 0.15) is 10.9 Å². The molecular weight excluding hydrogens is 362 g/mol. The van der Waals surface area contributed by atoms with Gasteiger partial charge in [0.05, 0.1) is 0 Å². The molecule has 1 unspecified atom stereocenters. The fourth-order valence-corrected chi connectivity index (χ4v) is 5.11. The van der Waals surface area contributed by atoms with Gasteiger partial charge in [0, 0.05) is 18.7 Å². The molecular formula is C20H29N3O3S. The summed E-state index contributed by atoms with van der Waals surface area (Å²) in [6, 6.07) is 6.49. The summed E-state index contributed by atoms with van der Waals surface area (Å²) in [6.07, 6.45) is 6.09. The smallest absolute Gasteiger partial charge is 0.285 e. The lowest BCUT2D eigenvalue weighted by Gasteiger charge is -2.26. The van der Waals surface area contributed by atoms with E-state index in [1.807, 2.05) is 4.90 Å². The number of hydrogen-bond donors (Lipinski definition) is 1. The van der Waals surface area contributed by atoms with Crippen molar-refractivity contribution in [2.24, 2.45) is 10.3 Å². The highest BCUT2D eigenvalue weighted by molar-refractivity contribution is 7.90. The second-order valence-corrected chi connectivity index (χ2v) is 8.97. The molecule has 1 saturated heterocycles. The molecule has 2 aliphatic rings. The molecule has 1 N–H and O–H groups in total. The van der Waals surface area contributed by atoms with E-state index in [0.29, 0.717) is 30.4 Å². The van der Waals surface area contributed by atoms with Crippen molar-refractivity contribution >= 4 is 21.8 Å². The number of carbonyl (C=O) groups excluding carboxylic acids is 1. The van der Waals surface area contributed by atoms with E-state index in [1.54, 1.807) is 24.3 Å². The largest absolute Gasteiger partial charge is 0.354 e. The molecule has 148 valence electrons. The summed E-state index contributed by atoms with van der Waals surface area (Å²) < 4.78 is 28.7. The minimum absolute atomic E-state index is 0.0214. The highest BCUT2D eigenvalue weighted by Gasteiger charge is 2.39. The number of hydrogen-bond acceptors (Lipinski definition) is 4. The lowest BCUT2D eigenvalue weighted by Crippen LogP contribution is -2.47. The number of amides is 1. The number of nitrogens with one attached hydrogen (secondary N) is 1. The summed E-state index contributed by atoms with van der Waals surface area (Å²) in [5.74, 6) is 0.891. The Morgan fingerprint density at radius 1 is 1.33 bits per heavy atom. The minimum Gasteiger partial charge on any atom is -0.354 e. The SMILES string of the molecule is CCCCC(CC)CNC(=O)[C@@H]1CCCN1C1=NS(=O)(=O)c2ccccc21. The zero-order valence-electron chi connectivity index (χ0n) is 16.1. The summed E-state index contributed by atoms with van der Waals surface area (Å²) in [7, 11) is -3.67. The molecule has 1 amide bonds. The van der Waals surface area contributed by atoms with E-state index >= 15 is 0 Å². The first-order chi connectivity index (χ1) is 13.0. The van der Waals surface area contributed by atoms with Crippen molar-refractivity contribution < 1.29 is 13.2 Å². The summed E-state index contributed by atoms with van der Waals surface area (Å²) in [4.78, 5) is 14.9. The number of carbonyl (C=O) groups is 1. The van der Waals surface area contributed by atoms with Crippen LogP contribution in [0.3, 0.4) is 0 Å². The number of likely N-dealkylation sites (tertiary alicyclic amines) is 1. The Hall–Kier alpha value is -1.89. The van der Waals surface area contributed by atoms with Crippen molar-refractivity contribution in [3.8, 4) is 0 Å². The van der Waals surface area contributed by atoms with Gasteiger partial charge in [-0.15, -0.1) is 4.40 Å². The molecule has 2 aliphatic heterocycles. The first-order valence-electron chi connectivity index (χ1n) is 9.96. The van der Waals surface area contributed by atoms with Crippen LogP contribution in [0.25, 0.3) is 0 Å². The number of rotatable bonds is 7. The average molecular weight is 392 g/mol. The Morgan fingerprint density at radius 3 is 2.85 bits per heavy atom. The molecule has 1 fully saturated rings. The van der Waals surface area contributed by atoms with Gasteiger partial charge in [0.15, 0.2) is 5.84 Å². The highest BCUT2D eigenvalue weighted by atomic mass is 32.2. The quantitative estimate of drug-likeness (QED) is 0.775. The van der Waals surface area contributed by atoms with Crippen molar-refractivity contribution in [3.05, 3.63) is 29.8 Å². The summed E-state index contributed by atoms with van der Waals surface area (Å²) in [5, 5.41) is 3.10. The predicted octanol–water partition coefficient (Wildman–Crippen LogP) is 2.93. The van der Waals surface area contributed by atoms with E-state index in [-0.39, 0.29) is 16.8 Å². The lowest BCUT2D eigenvalue weighted by molar-refractivity contribution is -0.124. The van der Waals surface area contributed by atoms with Gasteiger partial charge in [-0.1, -0.05) is 45.2 Å². The predicted molar refractivity (Wildman–Crippen MR) is 106 cm³/mol. The third-order valence-corrected chi connectivity index (χ3v) is 6.87. The van der Waals surface area contributed by atoms with Crippen LogP contribution in [0.2, 0.25) is 0 Å². The normalized spacial score (nSPS) is 21.6. The van der Waals surface area contributed by atoms with Gasteiger partial charge in [-0.25, -0.2) is 0 Å². The molecule has 0 spiro atoms. The van der Waals surface area contributed by atoms with E-state index in [4.69, 9.17) is 0 Å². The van der Waals surface area contributed by atoms with Crippen LogP contribution >= 0.6 is 0 Å². The van der Waals surface area contributed by atoms with Crippen molar-refractivity contribution in [1.29, 1.82) is 0 Å². The Balaban J connectivity index is 1.72. The lowest BCUT2D eigenvalue weighted by atomic mass is 9.99. The van der Waals surface area contributed by atoms with E-state index in [9.17, 15) is 13.2 Å². The van der Waals surface area contributed by atoms with E-state index < -0.39 is 10.0 Å². The Morgan fingerprint density at radius 2 is 2.11 bits per heavy atom. The van der Waals surface area contributed by atoms with Gasteiger partial charge in [-0.2, -0.15) is 8.42 Å². The van der Waals surface area contributed by atoms with Crippen molar-refractivity contribution in [3.63, 3.8) is 0 Å². The van der Waals surface area contributed by atoms with Crippen LogP contribution in [0.5, 0.6) is 0 Å². The maximum atomic E-state index is 12.8. The number of nitrogens with zero attached hydrogens (tertiary/aromatic N) is 2. The molecule has 27 heavy (non-hydrogen) atoms. The molecule has 1 aromatic carbocycles. The van der Waals surface area contributed by atoms with Crippen LogP contribution in [-0.2, 0) is 14.8 Å². The van der Waals surface area contributed by atoms with Crippen molar-refractivity contribution in [2.45, 2.75) is 63.3 Å². The molecule has 1 aromatic rings. The van der Waals surface area contributed by atoms with Crippen LogP contribution in [-0.4, -0.2) is 44.2 Å². The van der Waals surface area contributed by atoms with Crippen molar-refractivity contribution in [2.75, 3.05) is 13.1 Å². The standard InChI is InChI=1S/C20H29N3O3S/c1-3-5-9-15(4-2)14-21-20(24)17-11-8-13-23(17)19-16-10-6-7-12-18(16)27(25,26)22-19/h6-7,10,12,15,17H,3-5,8-9,11,13-14H2,1-2H3,(H,21,24)/t15?,17-/m0/s1.